The SMILES string of the molecule is S=[C]CC(c1ccccc1)c1ccccc1. The largest absolute Gasteiger partial charge is 0.0837 e. The van der Waals surface area contributed by atoms with Crippen LogP contribution in [0.4, 0.5) is 0 Å². The van der Waals surface area contributed by atoms with Crippen molar-refractivity contribution in [3.05, 3.63) is 71.8 Å². The van der Waals surface area contributed by atoms with E-state index >= 15 is 0 Å². The van der Waals surface area contributed by atoms with E-state index in [1.54, 1.807) is 0 Å². The summed E-state index contributed by atoms with van der Waals surface area (Å²) in [6, 6.07) is 20.9. The van der Waals surface area contributed by atoms with Gasteiger partial charge >= 0.3 is 0 Å². The normalized spacial score (nSPS) is 10.3. The Morgan fingerprint density at radius 3 is 1.62 bits per heavy atom. The fraction of sp³-hybridized carbons (Fsp3) is 0.133. The summed E-state index contributed by atoms with van der Waals surface area (Å²) in [7, 11) is 0. The molecule has 0 heterocycles. The summed E-state index contributed by atoms with van der Waals surface area (Å²) in [4.78, 5) is 0. The van der Waals surface area contributed by atoms with Gasteiger partial charge in [-0.15, -0.1) is 0 Å². The molecule has 0 spiro atoms. The molecule has 0 aliphatic heterocycles. The third-order valence-corrected chi connectivity index (χ3v) is 2.86. The lowest BCUT2D eigenvalue weighted by Gasteiger charge is -2.15. The fourth-order valence-corrected chi connectivity index (χ4v) is 2.05. The van der Waals surface area contributed by atoms with Gasteiger partial charge in [0.15, 0.2) is 0 Å². The minimum Gasteiger partial charge on any atom is -0.0837 e. The zero-order chi connectivity index (χ0) is 11.2. The van der Waals surface area contributed by atoms with Crippen LogP contribution >= 0.6 is 12.2 Å². The van der Waals surface area contributed by atoms with Crippen LogP contribution in [0.2, 0.25) is 0 Å². The average molecular weight is 225 g/mol. The van der Waals surface area contributed by atoms with Crippen molar-refractivity contribution in [2.24, 2.45) is 0 Å². The molecular weight excluding hydrogens is 212 g/mol. The van der Waals surface area contributed by atoms with E-state index in [1.165, 1.54) is 11.1 Å². The summed E-state index contributed by atoms with van der Waals surface area (Å²) in [6.45, 7) is 0. The highest BCUT2D eigenvalue weighted by molar-refractivity contribution is 7.78. The Balaban J connectivity index is 2.35. The van der Waals surface area contributed by atoms with Crippen molar-refractivity contribution in [3.63, 3.8) is 0 Å². The van der Waals surface area contributed by atoms with Gasteiger partial charge in [0.05, 0.1) is 0 Å². The molecule has 1 radical (unpaired) electrons. The van der Waals surface area contributed by atoms with E-state index in [1.807, 2.05) is 12.1 Å². The second-order valence-corrected chi connectivity index (χ2v) is 4.01. The van der Waals surface area contributed by atoms with Crippen LogP contribution in [0.15, 0.2) is 60.7 Å². The van der Waals surface area contributed by atoms with E-state index < -0.39 is 0 Å². The molecule has 2 aromatic rings. The Labute approximate surface area is 102 Å². The predicted molar refractivity (Wildman–Crippen MR) is 71.9 cm³/mol. The van der Waals surface area contributed by atoms with Crippen molar-refractivity contribution in [1.29, 1.82) is 0 Å². The van der Waals surface area contributed by atoms with Crippen LogP contribution in [0.25, 0.3) is 0 Å². The van der Waals surface area contributed by atoms with E-state index in [4.69, 9.17) is 12.2 Å². The molecule has 0 aliphatic rings. The van der Waals surface area contributed by atoms with Crippen LogP contribution in [0.3, 0.4) is 0 Å². The van der Waals surface area contributed by atoms with Gasteiger partial charge < -0.3 is 0 Å². The molecule has 16 heavy (non-hydrogen) atoms. The summed E-state index contributed by atoms with van der Waals surface area (Å²) in [5.41, 5.74) is 2.59. The predicted octanol–water partition coefficient (Wildman–Crippen LogP) is 4.09. The number of thiocarbonyl (C=S) groups is 1. The molecule has 0 nitrogen and oxygen atoms in total. The molecule has 0 amide bonds. The standard InChI is InChI=1S/C15H13S/c16-12-11-15(13-7-3-1-4-8-13)14-9-5-2-6-10-14/h1-10,15H,11H2. The topological polar surface area (TPSA) is 0 Å². The number of rotatable bonds is 4. The quantitative estimate of drug-likeness (QED) is 0.706. The van der Waals surface area contributed by atoms with Crippen molar-refractivity contribution in [1.82, 2.24) is 0 Å². The summed E-state index contributed by atoms with van der Waals surface area (Å²) < 4.78 is 0. The van der Waals surface area contributed by atoms with Gasteiger partial charge in [-0.1, -0.05) is 72.9 Å². The fourth-order valence-electron chi connectivity index (χ4n) is 1.88. The van der Waals surface area contributed by atoms with Crippen LogP contribution < -0.4 is 0 Å². The van der Waals surface area contributed by atoms with Gasteiger partial charge in [-0.3, -0.25) is 0 Å². The number of benzene rings is 2. The second-order valence-electron chi connectivity index (χ2n) is 3.72. The van der Waals surface area contributed by atoms with Crippen LogP contribution in [-0.4, -0.2) is 5.37 Å². The number of hydrogen-bond donors (Lipinski definition) is 0. The Bertz CT molecular complexity index is 394. The van der Waals surface area contributed by atoms with Crippen LogP contribution in [0.5, 0.6) is 0 Å². The Morgan fingerprint density at radius 2 is 1.25 bits per heavy atom. The average Bonchev–Trinajstić information content (AvgIpc) is 2.38. The zero-order valence-corrected chi connectivity index (χ0v) is 9.78. The van der Waals surface area contributed by atoms with Gasteiger partial charge in [0.1, 0.15) is 0 Å². The van der Waals surface area contributed by atoms with Crippen molar-refractivity contribution in [2.75, 3.05) is 0 Å². The van der Waals surface area contributed by atoms with Gasteiger partial charge in [0.2, 0.25) is 0 Å². The highest BCUT2D eigenvalue weighted by Crippen LogP contribution is 2.26. The first-order valence-corrected chi connectivity index (χ1v) is 5.77. The Morgan fingerprint density at radius 1 is 0.812 bits per heavy atom. The molecule has 79 valence electrons. The molecule has 0 aromatic heterocycles. The summed E-state index contributed by atoms with van der Waals surface area (Å²) in [6.07, 6.45) is 0.781. The molecular formula is C15H13S. The van der Waals surface area contributed by atoms with E-state index in [-0.39, 0.29) is 0 Å². The molecule has 0 aliphatic carbocycles. The van der Waals surface area contributed by atoms with Crippen molar-refractivity contribution in [3.8, 4) is 0 Å². The molecule has 0 fully saturated rings. The highest BCUT2D eigenvalue weighted by Gasteiger charge is 2.11. The maximum Gasteiger partial charge on any atom is 0.0301 e. The molecule has 2 aromatic carbocycles. The van der Waals surface area contributed by atoms with E-state index in [0.29, 0.717) is 5.92 Å². The molecule has 0 N–H and O–H groups in total. The zero-order valence-electron chi connectivity index (χ0n) is 8.97. The van der Waals surface area contributed by atoms with Crippen molar-refractivity contribution < 1.29 is 0 Å². The maximum absolute atomic E-state index is 4.88. The first-order chi connectivity index (χ1) is 7.92. The Kier molecular flexibility index (Phi) is 3.84. The van der Waals surface area contributed by atoms with E-state index in [9.17, 15) is 0 Å². The maximum atomic E-state index is 4.88. The highest BCUT2D eigenvalue weighted by atomic mass is 32.1. The van der Waals surface area contributed by atoms with Gasteiger partial charge in [-0.05, 0) is 17.5 Å². The Hall–Kier alpha value is -1.47. The van der Waals surface area contributed by atoms with Gasteiger partial charge in [-0.2, -0.15) is 0 Å². The third kappa shape index (κ3) is 2.56. The van der Waals surface area contributed by atoms with Crippen LogP contribution in [0, 0.1) is 0 Å². The lowest BCUT2D eigenvalue weighted by molar-refractivity contribution is 0.870. The molecule has 0 saturated heterocycles. The summed E-state index contributed by atoms with van der Waals surface area (Å²) in [5, 5.41) is 2.85. The molecule has 0 saturated carbocycles. The molecule has 1 heteroatoms. The summed E-state index contributed by atoms with van der Waals surface area (Å²) >= 11 is 4.88. The van der Waals surface area contributed by atoms with Crippen LogP contribution in [-0.2, 0) is 0 Å². The smallest absolute Gasteiger partial charge is 0.0301 e. The summed E-state index contributed by atoms with van der Waals surface area (Å²) in [5.74, 6) is 0.333. The van der Waals surface area contributed by atoms with E-state index in [2.05, 4.69) is 53.9 Å². The molecule has 2 rings (SSSR count). The first-order valence-electron chi connectivity index (χ1n) is 5.36. The minimum atomic E-state index is 0.333. The lowest BCUT2D eigenvalue weighted by Crippen LogP contribution is -2.00. The minimum absolute atomic E-state index is 0.333. The molecule has 0 unspecified atom stereocenters. The lowest BCUT2D eigenvalue weighted by atomic mass is 9.89. The molecule has 0 bridgehead atoms. The van der Waals surface area contributed by atoms with Crippen molar-refractivity contribution >= 4 is 17.6 Å². The molecule has 0 atom stereocenters. The van der Waals surface area contributed by atoms with Gasteiger partial charge in [-0.25, -0.2) is 0 Å². The number of hydrogen-bond acceptors (Lipinski definition) is 1. The second kappa shape index (κ2) is 5.57. The monoisotopic (exact) mass is 225 g/mol. The third-order valence-electron chi connectivity index (χ3n) is 2.69. The van der Waals surface area contributed by atoms with Gasteiger partial charge in [0, 0.05) is 11.3 Å². The first kappa shape index (κ1) is 11.0. The van der Waals surface area contributed by atoms with Crippen LogP contribution in [0.1, 0.15) is 23.5 Å². The van der Waals surface area contributed by atoms with Crippen molar-refractivity contribution in [2.45, 2.75) is 12.3 Å². The van der Waals surface area contributed by atoms with E-state index in [0.717, 1.165) is 6.42 Å². The van der Waals surface area contributed by atoms with Gasteiger partial charge in [0.25, 0.3) is 0 Å².